The van der Waals surface area contributed by atoms with Crippen LogP contribution in [0.15, 0.2) is 42.0 Å². The van der Waals surface area contributed by atoms with Crippen LogP contribution in [-0.4, -0.2) is 0 Å². The molecule has 1 aromatic rings. The first-order chi connectivity index (χ1) is 8.83. The molecule has 0 bridgehead atoms. The van der Waals surface area contributed by atoms with Crippen LogP contribution in [0, 0.1) is 34.5 Å². The van der Waals surface area contributed by atoms with E-state index in [9.17, 15) is 5.26 Å². The molecule has 2 aliphatic rings. The molecule has 86 valence electrons. The summed E-state index contributed by atoms with van der Waals surface area (Å²) in [6, 6.07) is 10.5. The first-order valence-corrected chi connectivity index (χ1v) is 6.13. The predicted octanol–water partition coefficient (Wildman–Crippen LogP) is 2.91. The van der Waals surface area contributed by atoms with Gasteiger partial charge in [-0.15, -0.1) is 0 Å². The fourth-order valence-electron chi connectivity index (χ4n) is 3.03. The summed E-state index contributed by atoms with van der Waals surface area (Å²) in [5.41, 5.74) is 4.06. The third-order valence-corrected chi connectivity index (χ3v) is 3.95. The van der Waals surface area contributed by atoms with Gasteiger partial charge in [-0.25, -0.2) is 0 Å². The van der Waals surface area contributed by atoms with Crippen molar-refractivity contribution in [3.05, 3.63) is 58.7 Å². The zero-order valence-corrected chi connectivity index (χ0v) is 9.93. The molecule has 0 spiro atoms. The summed E-state index contributed by atoms with van der Waals surface area (Å²) in [4.78, 5) is 0. The highest BCUT2D eigenvalue weighted by atomic mass is 14.4. The number of benzene rings is 1. The Labute approximate surface area is 106 Å². The zero-order valence-electron chi connectivity index (χ0n) is 9.93. The van der Waals surface area contributed by atoms with Crippen molar-refractivity contribution in [3.63, 3.8) is 0 Å². The molecule has 18 heavy (non-hydrogen) atoms. The van der Waals surface area contributed by atoms with E-state index in [4.69, 9.17) is 5.26 Å². The third-order valence-electron chi connectivity index (χ3n) is 3.95. The molecule has 2 nitrogen and oxygen atoms in total. The highest BCUT2D eigenvalue weighted by molar-refractivity contribution is 5.48. The highest BCUT2D eigenvalue weighted by Crippen LogP contribution is 2.38. The molecular weight excluding hydrogens is 220 g/mol. The van der Waals surface area contributed by atoms with Crippen molar-refractivity contribution in [2.75, 3.05) is 0 Å². The smallest absolute Gasteiger partial charge is 0.0994 e. The second-order valence-electron chi connectivity index (χ2n) is 4.85. The molecule has 2 aliphatic carbocycles. The lowest BCUT2D eigenvalue weighted by molar-refractivity contribution is 0.424. The standard InChI is InChI=1S/C16H12N2/c17-9-13-5-1-3-11-7-16-12(8-15(11)13)4-2-6-14(16)10-18/h1-6,11,15H,7-8H2. The van der Waals surface area contributed by atoms with E-state index >= 15 is 0 Å². The minimum absolute atomic E-state index is 0.293. The van der Waals surface area contributed by atoms with Crippen LogP contribution in [0.1, 0.15) is 16.7 Å². The second-order valence-corrected chi connectivity index (χ2v) is 4.85. The van der Waals surface area contributed by atoms with Gasteiger partial charge in [-0.1, -0.05) is 24.3 Å². The molecule has 3 rings (SSSR count). The van der Waals surface area contributed by atoms with Crippen molar-refractivity contribution in [1.82, 2.24) is 0 Å². The van der Waals surface area contributed by atoms with E-state index in [2.05, 4.69) is 24.3 Å². The van der Waals surface area contributed by atoms with Crippen LogP contribution in [-0.2, 0) is 12.8 Å². The lowest BCUT2D eigenvalue weighted by atomic mass is 9.70. The van der Waals surface area contributed by atoms with Crippen LogP contribution in [0.5, 0.6) is 0 Å². The van der Waals surface area contributed by atoms with Crippen molar-refractivity contribution < 1.29 is 0 Å². The molecule has 0 aromatic heterocycles. The topological polar surface area (TPSA) is 47.6 Å². The Balaban J connectivity index is 2.06. The van der Waals surface area contributed by atoms with E-state index < -0.39 is 0 Å². The predicted molar refractivity (Wildman–Crippen MR) is 68.4 cm³/mol. The van der Waals surface area contributed by atoms with Gasteiger partial charge in [-0.3, -0.25) is 0 Å². The SMILES string of the molecule is N#CC1=CC=CC2Cc3c(C#N)cccc3CC12. The van der Waals surface area contributed by atoms with Crippen molar-refractivity contribution >= 4 is 0 Å². The summed E-state index contributed by atoms with van der Waals surface area (Å²) in [6.45, 7) is 0. The Morgan fingerprint density at radius 3 is 2.78 bits per heavy atom. The van der Waals surface area contributed by atoms with Crippen LogP contribution < -0.4 is 0 Å². The average Bonchev–Trinajstić information content (AvgIpc) is 2.43. The van der Waals surface area contributed by atoms with E-state index in [0.717, 1.165) is 24.0 Å². The molecule has 0 amide bonds. The Morgan fingerprint density at radius 1 is 1.11 bits per heavy atom. The Kier molecular flexibility index (Phi) is 2.50. The molecule has 0 radical (unpaired) electrons. The number of rotatable bonds is 0. The Morgan fingerprint density at radius 2 is 2.00 bits per heavy atom. The minimum atomic E-state index is 0.293. The molecule has 2 heteroatoms. The lowest BCUT2D eigenvalue weighted by Gasteiger charge is -2.33. The first-order valence-electron chi connectivity index (χ1n) is 6.13. The van der Waals surface area contributed by atoms with Crippen LogP contribution in [0.2, 0.25) is 0 Å². The van der Waals surface area contributed by atoms with Gasteiger partial charge in [0, 0.05) is 11.5 Å². The van der Waals surface area contributed by atoms with E-state index in [1.165, 1.54) is 11.1 Å². The van der Waals surface area contributed by atoms with Gasteiger partial charge in [0.25, 0.3) is 0 Å². The Hall–Kier alpha value is -2.32. The normalized spacial score (nSPS) is 24.2. The number of hydrogen-bond donors (Lipinski definition) is 0. The maximum atomic E-state index is 9.17. The van der Waals surface area contributed by atoms with E-state index in [-0.39, 0.29) is 0 Å². The lowest BCUT2D eigenvalue weighted by Crippen LogP contribution is -2.27. The van der Waals surface area contributed by atoms with Gasteiger partial charge >= 0.3 is 0 Å². The molecular formula is C16H12N2. The van der Waals surface area contributed by atoms with Crippen LogP contribution in [0.4, 0.5) is 0 Å². The number of fused-ring (bicyclic) bond motifs is 2. The zero-order chi connectivity index (χ0) is 12.5. The summed E-state index contributed by atoms with van der Waals surface area (Å²) < 4.78 is 0. The molecule has 1 aromatic carbocycles. The number of nitrogens with zero attached hydrogens (tertiary/aromatic N) is 2. The summed E-state index contributed by atoms with van der Waals surface area (Å²) in [5, 5.41) is 18.3. The van der Waals surface area contributed by atoms with Crippen LogP contribution in [0.3, 0.4) is 0 Å². The molecule has 0 fully saturated rings. The van der Waals surface area contributed by atoms with Gasteiger partial charge < -0.3 is 0 Å². The number of nitriles is 2. The van der Waals surface area contributed by atoms with Gasteiger partial charge in [-0.2, -0.15) is 10.5 Å². The first kappa shape index (κ1) is 10.8. The minimum Gasteiger partial charge on any atom is -0.193 e. The van der Waals surface area contributed by atoms with Crippen molar-refractivity contribution in [3.8, 4) is 12.1 Å². The molecule has 0 saturated heterocycles. The fourth-order valence-corrected chi connectivity index (χ4v) is 3.03. The third kappa shape index (κ3) is 1.55. The largest absolute Gasteiger partial charge is 0.193 e. The van der Waals surface area contributed by atoms with Gasteiger partial charge in [0.1, 0.15) is 0 Å². The van der Waals surface area contributed by atoms with E-state index in [0.29, 0.717) is 11.8 Å². The molecule has 2 atom stereocenters. The molecule has 0 heterocycles. The quantitative estimate of drug-likeness (QED) is 0.690. The van der Waals surface area contributed by atoms with E-state index in [1.54, 1.807) is 0 Å². The summed E-state index contributed by atoms with van der Waals surface area (Å²) in [5.74, 6) is 0.660. The van der Waals surface area contributed by atoms with Crippen molar-refractivity contribution in [2.24, 2.45) is 11.8 Å². The van der Waals surface area contributed by atoms with E-state index in [1.807, 2.05) is 24.3 Å². The average molecular weight is 232 g/mol. The van der Waals surface area contributed by atoms with Gasteiger partial charge in [0.15, 0.2) is 0 Å². The summed E-state index contributed by atoms with van der Waals surface area (Å²) in [6.07, 6.45) is 7.81. The Bertz CT molecular complexity index is 638. The summed E-state index contributed by atoms with van der Waals surface area (Å²) in [7, 11) is 0. The van der Waals surface area contributed by atoms with Gasteiger partial charge in [-0.05, 0) is 42.0 Å². The molecule has 0 aliphatic heterocycles. The van der Waals surface area contributed by atoms with Crippen molar-refractivity contribution in [1.29, 1.82) is 10.5 Å². The molecule has 2 unspecified atom stereocenters. The maximum Gasteiger partial charge on any atom is 0.0994 e. The molecule has 0 saturated carbocycles. The van der Waals surface area contributed by atoms with Crippen LogP contribution in [0.25, 0.3) is 0 Å². The van der Waals surface area contributed by atoms with Gasteiger partial charge in [0.05, 0.1) is 17.7 Å². The highest BCUT2D eigenvalue weighted by Gasteiger charge is 2.31. The monoisotopic (exact) mass is 232 g/mol. The van der Waals surface area contributed by atoms with Crippen molar-refractivity contribution in [2.45, 2.75) is 12.8 Å². The number of allylic oxidation sites excluding steroid dienone is 4. The second kappa shape index (κ2) is 4.17. The van der Waals surface area contributed by atoms with Crippen LogP contribution >= 0.6 is 0 Å². The van der Waals surface area contributed by atoms with Gasteiger partial charge in [0.2, 0.25) is 0 Å². The fraction of sp³-hybridized carbons (Fsp3) is 0.250. The molecule has 0 N–H and O–H groups in total. The maximum absolute atomic E-state index is 9.17. The number of hydrogen-bond acceptors (Lipinski definition) is 2. The summed E-state index contributed by atoms with van der Waals surface area (Å²) >= 11 is 0.